The number of piperidine rings is 1. The van der Waals surface area contributed by atoms with Crippen LogP contribution in [0, 0.1) is 0 Å². The number of nitrogens with zero attached hydrogens (tertiary/aromatic N) is 4. The van der Waals surface area contributed by atoms with Gasteiger partial charge in [-0.15, -0.1) is 0 Å². The lowest BCUT2D eigenvalue weighted by molar-refractivity contribution is -0.137. The van der Waals surface area contributed by atoms with Crippen molar-refractivity contribution in [1.29, 1.82) is 0 Å². The predicted molar refractivity (Wildman–Crippen MR) is 98.4 cm³/mol. The van der Waals surface area contributed by atoms with E-state index >= 15 is 0 Å². The molecule has 3 heterocycles. The van der Waals surface area contributed by atoms with E-state index in [9.17, 15) is 13.2 Å². The molecule has 0 bridgehead atoms. The summed E-state index contributed by atoms with van der Waals surface area (Å²) in [5.41, 5.74) is 0.241. The van der Waals surface area contributed by atoms with Crippen molar-refractivity contribution in [2.45, 2.75) is 43.9 Å². The van der Waals surface area contributed by atoms with Crippen LogP contribution in [0.5, 0.6) is 0 Å². The smallest absolute Gasteiger partial charge is 0.377 e. The maximum absolute atomic E-state index is 12.9. The van der Waals surface area contributed by atoms with Crippen LogP contribution in [0.3, 0.4) is 0 Å². The van der Waals surface area contributed by atoms with Gasteiger partial charge in [-0.05, 0) is 30.0 Å². The summed E-state index contributed by atoms with van der Waals surface area (Å²) >= 11 is 0. The highest BCUT2D eigenvalue weighted by atomic mass is 19.4. The second kappa shape index (κ2) is 8.41. The van der Waals surface area contributed by atoms with Crippen molar-refractivity contribution in [3.63, 3.8) is 0 Å². The summed E-state index contributed by atoms with van der Waals surface area (Å²) in [4.78, 5) is 6.72. The van der Waals surface area contributed by atoms with Crippen LogP contribution in [0.2, 0.25) is 0 Å². The largest absolute Gasteiger partial charge is 0.416 e. The molecular formula is C20H24F3N4O2. The van der Waals surface area contributed by atoms with Gasteiger partial charge >= 0.3 is 6.18 Å². The van der Waals surface area contributed by atoms with Gasteiger partial charge in [0.05, 0.1) is 30.9 Å². The van der Waals surface area contributed by atoms with Crippen LogP contribution in [0.4, 0.5) is 13.2 Å². The molecule has 2 aliphatic heterocycles. The van der Waals surface area contributed by atoms with E-state index in [1.165, 1.54) is 0 Å². The first kappa shape index (κ1) is 20.3. The van der Waals surface area contributed by atoms with Gasteiger partial charge < -0.3 is 9.26 Å². The molecule has 4 rings (SSSR count). The Morgan fingerprint density at radius 3 is 2.52 bits per heavy atom. The van der Waals surface area contributed by atoms with Crippen LogP contribution in [0.1, 0.15) is 48.0 Å². The van der Waals surface area contributed by atoms with Gasteiger partial charge in [-0.3, -0.25) is 4.90 Å². The number of benzene rings is 1. The molecule has 0 aliphatic carbocycles. The number of alkyl halides is 3. The maximum Gasteiger partial charge on any atom is 0.416 e. The monoisotopic (exact) mass is 409 g/mol. The Bertz CT molecular complexity index is 803. The topological polar surface area (TPSA) is 65.5 Å². The Balaban J connectivity index is 1.57. The first-order valence-corrected chi connectivity index (χ1v) is 9.92. The third-order valence-corrected chi connectivity index (χ3v) is 5.60. The van der Waals surface area contributed by atoms with Crippen LogP contribution in [-0.2, 0) is 17.3 Å². The van der Waals surface area contributed by atoms with Gasteiger partial charge in [-0.2, -0.15) is 18.2 Å². The summed E-state index contributed by atoms with van der Waals surface area (Å²) in [5, 5.41) is 8.67. The molecule has 0 saturated carbocycles. The van der Waals surface area contributed by atoms with Gasteiger partial charge in [0, 0.05) is 26.1 Å². The molecule has 3 unspecified atom stereocenters. The molecular weight excluding hydrogens is 385 g/mol. The number of ether oxygens (including phenoxy) is 1. The number of likely N-dealkylation sites (tertiary alicyclic amines) is 1. The van der Waals surface area contributed by atoms with Gasteiger partial charge in [0.15, 0.2) is 5.82 Å². The molecule has 29 heavy (non-hydrogen) atoms. The van der Waals surface area contributed by atoms with E-state index in [2.05, 4.69) is 20.4 Å². The standard InChI is InChI=1S/C20H24F3N4O2/c1-2-17-25-19(29-26-17)15-9-14(10-27(11-15)18-12-28-8-7-24-18)13-3-5-16(6-4-13)20(21,22)23/h3-6,14-15,18H,2,7-12H2,1H3. The van der Waals surface area contributed by atoms with Gasteiger partial charge in [0.1, 0.15) is 0 Å². The van der Waals surface area contributed by atoms with Gasteiger partial charge in [-0.25, -0.2) is 5.32 Å². The van der Waals surface area contributed by atoms with Crippen molar-refractivity contribution < 1.29 is 22.4 Å². The molecule has 6 nitrogen and oxygen atoms in total. The van der Waals surface area contributed by atoms with Crippen molar-refractivity contribution in [3.8, 4) is 0 Å². The normalized spacial score (nSPS) is 26.6. The third kappa shape index (κ3) is 4.62. The zero-order valence-corrected chi connectivity index (χ0v) is 16.2. The lowest BCUT2D eigenvalue weighted by Crippen LogP contribution is -2.53. The fourth-order valence-corrected chi connectivity index (χ4v) is 4.05. The number of aryl methyl sites for hydroxylation is 1. The minimum absolute atomic E-state index is 0.000897. The number of halogens is 3. The number of morpholine rings is 1. The Kier molecular flexibility index (Phi) is 5.89. The minimum atomic E-state index is -4.34. The van der Waals surface area contributed by atoms with Crippen molar-refractivity contribution in [1.82, 2.24) is 20.4 Å². The molecule has 1 aromatic carbocycles. The van der Waals surface area contributed by atoms with Crippen LogP contribution in [0.25, 0.3) is 0 Å². The van der Waals surface area contributed by atoms with Crippen molar-refractivity contribution in [2.24, 2.45) is 0 Å². The van der Waals surface area contributed by atoms with Crippen LogP contribution < -0.4 is 5.32 Å². The second-order valence-electron chi connectivity index (χ2n) is 7.57. The summed E-state index contributed by atoms with van der Waals surface area (Å²) in [6, 6.07) is 5.46. The van der Waals surface area contributed by atoms with E-state index < -0.39 is 11.7 Å². The highest BCUT2D eigenvalue weighted by Gasteiger charge is 2.37. The Morgan fingerprint density at radius 1 is 1.14 bits per heavy atom. The first-order chi connectivity index (χ1) is 13.9. The molecule has 2 saturated heterocycles. The summed E-state index contributed by atoms with van der Waals surface area (Å²) in [6.07, 6.45) is -2.97. The van der Waals surface area contributed by atoms with Crippen molar-refractivity contribution >= 4 is 0 Å². The molecule has 157 valence electrons. The minimum Gasteiger partial charge on any atom is -0.377 e. The molecule has 0 amide bonds. The molecule has 3 atom stereocenters. The Morgan fingerprint density at radius 2 is 1.90 bits per heavy atom. The number of aromatic nitrogens is 2. The van der Waals surface area contributed by atoms with Crippen LogP contribution in [-0.4, -0.2) is 54.1 Å². The molecule has 0 spiro atoms. The lowest BCUT2D eigenvalue weighted by Gasteiger charge is -2.41. The molecule has 0 N–H and O–H groups in total. The number of rotatable bonds is 4. The van der Waals surface area contributed by atoms with Crippen molar-refractivity contribution in [3.05, 3.63) is 47.1 Å². The molecule has 2 aliphatic rings. The Hall–Kier alpha value is -1.97. The number of hydrogen-bond acceptors (Lipinski definition) is 5. The lowest BCUT2D eigenvalue weighted by atomic mass is 9.83. The van der Waals surface area contributed by atoms with E-state index in [-0.39, 0.29) is 18.0 Å². The van der Waals surface area contributed by atoms with Crippen LogP contribution in [0.15, 0.2) is 28.8 Å². The predicted octanol–water partition coefficient (Wildman–Crippen LogP) is 3.18. The van der Waals surface area contributed by atoms with E-state index in [1.807, 2.05) is 6.92 Å². The van der Waals surface area contributed by atoms with E-state index in [0.29, 0.717) is 51.0 Å². The molecule has 2 fully saturated rings. The summed E-state index contributed by atoms with van der Waals surface area (Å²) < 4.78 is 49.8. The average molecular weight is 409 g/mol. The van der Waals surface area contributed by atoms with Gasteiger partial charge in [-0.1, -0.05) is 24.2 Å². The molecule has 1 radical (unpaired) electrons. The fraction of sp³-hybridized carbons (Fsp3) is 0.600. The van der Waals surface area contributed by atoms with E-state index in [4.69, 9.17) is 9.26 Å². The number of hydrogen-bond donors (Lipinski definition) is 0. The SMILES string of the molecule is CCc1noc(C2CC(c3ccc(C(F)(F)F)cc3)CN(C3COCC[N]3)C2)n1. The second-order valence-corrected chi connectivity index (χ2v) is 7.57. The summed E-state index contributed by atoms with van der Waals surface area (Å²) in [6.45, 7) is 5.17. The molecule has 1 aromatic heterocycles. The quantitative estimate of drug-likeness (QED) is 0.776. The van der Waals surface area contributed by atoms with E-state index in [0.717, 1.165) is 24.1 Å². The highest BCUT2D eigenvalue weighted by molar-refractivity contribution is 5.28. The summed E-state index contributed by atoms with van der Waals surface area (Å²) in [7, 11) is 0. The summed E-state index contributed by atoms with van der Waals surface area (Å²) in [5.74, 6) is 1.29. The zero-order chi connectivity index (χ0) is 20.4. The van der Waals surface area contributed by atoms with E-state index in [1.54, 1.807) is 12.1 Å². The average Bonchev–Trinajstić information content (AvgIpc) is 3.23. The zero-order valence-electron chi connectivity index (χ0n) is 16.2. The Labute approximate surface area is 167 Å². The molecule has 2 aromatic rings. The third-order valence-electron chi connectivity index (χ3n) is 5.60. The van der Waals surface area contributed by atoms with Crippen LogP contribution >= 0.6 is 0 Å². The van der Waals surface area contributed by atoms with Gasteiger partial charge in [0.25, 0.3) is 0 Å². The maximum atomic E-state index is 12.9. The first-order valence-electron chi connectivity index (χ1n) is 9.92. The van der Waals surface area contributed by atoms with Crippen molar-refractivity contribution in [2.75, 3.05) is 32.8 Å². The fourth-order valence-electron chi connectivity index (χ4n) is 4.05. The highest BCUT2D eigenvalue weighted by Crippen LogP contribution is 2.37. The van der Waals surface area contributed by atoms with Gasteiger partial charge in [0.2, 0.25) is 5.89 Å². The molecule has 9 heteroatoms.